The van der Waals surface area contributed by atoms with Crippen LogP contribution in [0.3, 0.4) is 0 Å². The summed E-state index contributed by atoms with van der Waals surface area (Å²) >= 11 is 0. The Morgan fingerprint density at radius 1 is 1.14 bits per heavy atom. The number of alkyl halides is 1. The van der Waals surface area contributed by atoms with Gasteiger partial charge in [0, 0.05) is 5.56 Å². The second-order valence-electron chi connectivity index (χ2n) is 7.61. The molecule has 0 heterocycles. The molecule has 0 radical (unpaired) electrons. The van der Waals surface area contributed by atoms with Crippen LogP contribution in [0.5, 0.6) is 0 Å². The van der Waals surface area contributed by atoms with E-state index in [2.05, 4.69) is 9.57 Å². The molecule has 1 aliphatic rings. The number of nitrogens with one attached hydrogen (secondary N) is 1. The van der Waals surface area contributed by atoms with Gasteiger partial charge in [0.1, 0.15) is 0 Å². The van der Waals surface area contributed by atoms with Gasteiger partial charge in [0.2, 0.25) is 16.6 Å². The number of hydrogen-bond acceptors (Lipinski definition) is 2. The number of sulfonamides is 1. The molecular weight excluding hydrogens is 375 g/mol. The molecule has 2 atom stereocenters. The molecule has 1 aliphatic carbocycles. The number of rotatable bonds is 6. The smallest absolute Gasteiger partial charge is 0.239 e. The Morgan fingerprint density at radius 3 is 2.25 bits per heavy atom. The summed E-state index contributed by atoms with van der Waals surface area (Å²) in [4.78, 5) is 3.37. The zero-order valence-electron chi connectivity index (χ0n) is 16.2. The summed E-state index contributed by atoms with van der Waals surface area (Å²) in [5.41, 5.74) is 1.73. The van der Waals surface area contributed by atoms with Crippen LogP contribution in [0.4, 0.5) is 4.39 Å². The first-order chi connectivity index (χ1) is 13.3. The van der Waals surface area contributed by atoms with Gasteiger partial charge in [-0.3, -0.25) is 0 Å². The van der Waals surface area contributed by atoms with E-state index in [4.69, 9.17) is 6.57 Å². The van der Waals surface area contributed by atoms with Gasteiger partial charge in [-0.2, -0.15) is 0 Å². The third kappa shape index (κ3) is 4.11. The predicted molar refractivity (Wildman–Crippen MR) is 110 cm³/mol. The predicted octanol–water partition coefficient (Wildman–Crippen LogP) is 4.82. The van der Waals surface area contributed by atoms with Crippen LogP contribution in [0.25, 0.3) is 16.0 Å². The highest BCUT2D eigenvalue weighted by molar-refractivity contribution is 7.90. The van der Waals surface area contributed by atoms with E-state index >= 15 is 4.39 Å². The molecule has 1 N–H and O–H groups in total. The largest absolute Gasteiger partial charge is 0.312 e. The molecule has 0 amide bonds. The second-order valence-corrected chi connectivity index (χ2v) is 9.88. The van der Waals surface area contributed by atoms with Crippen molar-refractivity contribution in [1.82, 2.24) is 4.72 Å². The van der Waals surface area contributed by atoms with Gasteiger partial charge in [-0.1, -0.05) is 48.5 Å². The van der Waals surface area contributed by atoms with Crippen LogP contribution < -0.4 is 4.72 Å². The lowest BCUT2D eigenvalue weighted by atomic mass is 9.89. The minimum atomic E-state index is -3.53. The van der Waals surface area contributed by atoms with Crippen molar-refractivity contribution in [2.24, 2.45) is 0 Å². The molecule has 2 aromatic rings. The van der Waals surface area contributed by atoms with Gasteiger partial charge in [-0.25, -0.2) is 24.1 Å². The van der Waals surface area contributed by atoms with E-state index in [-0.39, 0.29) is 0 Å². The highest BCUT2D eigenvalue weighted by Crippen LogP contribution is 2.43. The van der Waals surface area contributed by atoms with Gasteiger partial charge in [0.25, 0.3) is 0 Å². The summed E-state index contributed by atoms with van der Waals surface area (Å²) in [6, 6.07) is 14.3. The molecule has 0 aliphatic heterocycles. The van der Waals surface area contributed by atoms with Crippen molar-refractivity contribution in [2.45, 2.75) is 56.6 Å². The highest BCUT2D eigenvalue weighted by Gasteiger charge is 2.46. The number of benzene rings is 2. The van der Waals surface area contributed by atoms with Gasteiger partial charge in [0.15, 0.2) is 5.67 Å². The lowest BCUT2D eigenvalue weighted by Crippen LogP contribution is -2.46. The molecule has 0 spiro atoms. The Morgan fingerprint density at radius 2 is 1.71 bits per heavy atom. The Balaban J connectivity index is 1.82. The maximum atomic E-state index is 15.8. The van der Waals surface area contributed by atoms with E-state index in [1.807, 2.05) is 36.4 Å². The number of halogens is 1. The Kier molecular flexibility index (Phi) is 5.87. The van der Waals surface area contributed by atoms with Crippen LogP contribution in [-0.4, -0.2) is 19.7 Å². The first kappa shape index (κ1) is 20.5. The summed E-state index contributed by atoms with van der Waals surface area (Å²) in [7, 11) is -3.53. The summed E-state index contributed by atoms with van der Waals surface area (Å²) in [6.45, 7) is 10.5. The van der Waals surface area contributed by atoms with Crippen LogP contribution in [-0.2, 0) is 22.2 Å². The minimum absolute atomic E-state index is 0.308. The van der Waals surface area contributed by atoms with Gasteiger partial charge in [-0.05, 0) is 49.8 Å². The average molecular weight is 401 g/mol. The molecule has 0 bridgehead atoms. The van der Waals surface area contributed by atoms with Crippen molar-refractivity contribution in [3.63, 3.8) is 0 Å². The van der Waals surface area contributed by atoms with Crippen LogP contribution in [0.15, 0.2) is 48.5 Å². The first-order valence-corrected chi connectivity index (χ1v) is 11.0. The van der Waals surface area contributed by atoms with Crippen LogP contribution in [0.1, 0.15) is 44.2 Å². The molecule has 0 unspecified atom stereocenters. The average Bonchev–Trinajstić information content (AvgIpc) is 3.04. The molecule has 28 heavy (non-hydrogen) atoms. The van der Waals surface area contributed by atoms with Crippen LogP contribution in [0.2, 0.25) is 0 Å². The lowest BCUT2D eigenvalue weighted by molar-refractivity contribution is 0.142. The molecule has 148 valence electrons. The van der Waals surface area contributed by atoms with Crippen molar-refractivity contribution in [3.05, 3.63) is 71.1 Å². The Hall–Kier alpha value is -2.23. The molecule has 3 rings (SSSR count). The van der Waals surface area contributed by atoms with E-state index in [0.29, 0.717) is 31.4 Å². The summed E-state index contributed by atoms with van der Waals surface area (Å²) < 4.78 is 42.8. The third-order valence-corrected chi connectivity index (χ3v) is 7.28. The molecular formula is C22H25FN2O2S. The molecule has 2 aromatic carbocycles. The van der Waals surface area contributed by atoms with Crippen molar-refractivity contribution in [3.8, 4) is 11.1 Å². The zero-order chi connectivity index (χ0) is 20.4. The fraction of sp³-hybridized carbons (Fsp3) is 0.409. The molecule has 6 heteroatoms. The zero-order valence-corrected chi connectivity index (χ0v) is 17.0. The third-order valence-electron chi connectivity index (χ3n) is 5.43. The van der Waals surface area contributed by atoms with Gasteiger partial charge < -0.3 is 4.85 Å². The highest BCUT2D eigenvalue weighted by atomic mass is 32.2. The molecule has 1 fully saturated rings. The van der Waals surface area contributed by atoms with Crippen molar-refractivity contribution in [1.29, 1.82) is 0 Å². The van der Waals surface area contributed by atoms with Crippen molar-refractivity contribution < 1.29 is 12.8 Å². The Bertz CT molecular complexity index is 963. The lowest BCUT2D eigenvalue weighted by Gasteiger charge is -2.29. The van der Waals surface area contributed by atoms with E-state index in [0.717, 1.165) is 16.7 Å². The maximum absolute atomic E-state index is 15.8. The van der Waals surface area contributed by atoms with Gasteiger partial charge in [-0.15, -0.1) is 0 Å². The summed E-state index contributed by atoms with van der Waals surface area (Å²) in [6.07, 6.45) is 1.45. The number of nitrogens with zero attached hydrogens (tertiary/aromatic N) is 1. The fourth-order valence-corrected chi connectivity index (χ4v) is 4.61. The van der Waals surface area contributed by atoms with Crippen molar-refractivity contribution in [2.75, 3.05) is 0 Å². The van der Waals surface area contributed by atoms with Gasteiger partial charge >= 0.3 is 0 Å². The standard InChI is InChI=1S/C22H25FN2O2S/c1-16(2)28(26,27)25-21-5-4-14-22(21,23)20-12-10-19(11-13-20)18-8-6-17(7-9-18)15-24-3/h6-13,16,21,25H,4-5,14-15H2,1-2H3/t21-,22+/m0/s1. The minimum Gasteiger partial charge on any atom is -0.312 e. The van der Waals surface area contributed by atoms with Crippen molar-refractivity contribution >= 4 is 10.0 Å². The normalized spacial score (nSPS) is 22.3. The first-order valence-electron chi connectivity index (χ1n) is 9.49. The van der Waals surface area contributed by atoms with E-state index in [9.17, 15) is 8.42 Å². The molecule has 4 nitrogen and oxygen atoms in total. The Labute approximate surface area is 166 Å². The quantitative estimate of drug-likeness (QED) is 0.707. The maximum Gasteiger partial charge on any atom is 0.239 e. The van der Waals surface area contributed by atoms with Crippen LogP contribution in [0, 0.1) is 6.57 Å². The summed E-state index contributed by atoms with van der Waals surface area (Å²) in [5.74, 6) is 0. The monoisotopic (exact) mass is 400 g/mol. The van der Waals surface area contributed by atoms with E-state index in [1.165, 1.54) is 0 Å². The van der Waals surface area contributed by atoms with E-state index in [1.54, 1.807) is 26.0 Å². The topological polar surface area (TPSA) is 50.5 Å². The second kappa shape index (κ2) is 8.02. The fourth-order valence-electron chi connectivity index (χ4n) is 3.63. The van der Waals surface area contributed by atoms with Crippen LogP contribution >= 0.6 is 0 Å². The SMILES string of the molecule is [C-]#[N+]Cc1ccc(-c2ccc([C@]3(F)CCC[C@@H]3NS(=O)(=O)C(C)C)cc2)cc1. The molecule has 0 saturated heterocycles. The summed E-state index contributed by atoms with van der Waals surface area (Å²) in [5, 5.41) is -0.592. The molecule has 0 aromatic heterocycles. The van der Waals surface area contributed by atoms with Gasteiger partial charge in [0.05, 0.1) is 11.3 Å². The molecule has 1 saturated carbocycles. The number of hydrogen-bond donors (Lipinski definition) is 1. The van der Waals surface area contributed by atoms with E-state index < -0.39 is 27.0 Å².